The van der Waals surface area contributed by atoms with Crippen LogP contribution < -0.4 is 4.74 Å². The van der Waals surface area contributed by atoms with Gasteiger partial charge in [-0.15, -0.1) is 0 Å². The number of rotatable bonds is 8. The summed E-state index contributed by atoms with van der Waals surface area (Å²) >= 11 is 0. The summed E-state index contributed by atoms with van der Waals surface area (Å²) in [6, 6.07) is 14.4. The predicted molar refractivity (Wildman–Crippen MR) is 115 cm³/mol. The number of fused-ring (bicyclic) bond motifs is 1. The van der Waals surface area contributed by atoms with E-state index in [1.54, 1.807) is 0 Å². The lowest BCUT2D eigenvalue weighted by Gasteiger charge is -2.33. The molecule has 8 nitrogen and oxygen atoms in total. The third kappa shape index (κ3) is 4.81. The molecule has 8 heteroatoms. The van der Waals surface area contributed by atoms with E-state index >= 15 is 0 Å². The molecule has 0 fully saturated rings. The van der Waals surface area contributed by atoms with Crippen LogP contribution in [0.25, 0.3) is 11.5 Å². The second-order valence-electron chi connectivity index (χ2n) is 7.77. The number of carboxylic acid groups (broad SMARTS) is 2. The van der Waals surface area contributed by atoms with Gasteiger partial charge in [-0.3, -0.25) is 14.5 Å². The van der Waals surface area contributed by atoms with E-state index in [0.29, 0.717) is 24.7 Å². The van der Waals surface area contributed by atoms with E-state index < -0.39 is 18.0 Å². The summed E-state index contributed by atoms with van der Waals surface area (Å²) in [5, 5.41) is 18.6. The van der Waals surface area contributed by atoms with Gasteiger partial charge < -0.3 is 19.4 Å². The van der Waals surface area contributed by atoms with Crippen molar-refractivity contribution in [1.29, 1.82) is 0 Å². The van der Waals surface area contributed by atoms with Crippen molar-refractivity contribution in [2.24, 2.45) is 0 Å². The Bertz CT molecular complexity index is 1120. The highest BCUT2D eigenvalue weighted by molar-refractivity contribution is 5.76. The van der Waals surface area contributed by atoms with Crippen molar-refractivity contribution in [3.8, 4) is 17.2 Å². The van der Waals surface area contributed by atoms with Crippen LogP contribution in [0.4, 0.5) is 0 Å². The molecule has 4 rings (SSSR count). The zero-order valence-corrected chi connectivity index (χ0v) is 17.7. The van der Waals surface area contributed by atoms with Crippen LogP contribution >= 0.6 is 0 Å². The summed E-state index contributed by atoms with van der Waals surface area (Å²) < 4.78 is 11.7. The maximum Gasteiger partial charge on any atom is 0.321 e. The fourth-order valence-corrected chi connectivity index (χ4v) is 3.92. The number of ether oxygens (including phenoxy) is 1. The molecule has 3 aromatic rings. The van der Waals surface area contributed by atoms with E-state index in [0.717, 1.165) is 28.1 Å². The van der Waals surface area contributed by atoms with Crippen LogP contribution in [-0.2, 0) is 29.0 Å². The minimum absolute atomic E-state index is 0.249. The summed E-state index contributed by atoms with van der Waals surface area (Å²) in [5.74, 6) is -0.0856. The predicted octanol–water partition coefficient (Wildman–Crippen LogP) is 3.17. The summed E-state index contributed by atoms with van der Waals surface area (Å²) in [4.78, 5) is 28.7. The molecule has 0 saturated heterocycles. The van der Waals surface area contributed by atoms with Crippen molar-refractivity contribution in [1.82, 2.24) is 9.88 Å². The lowest BCUT2D eigenvalue weighted by atomic mass is 9.93. The molecule has 1 atom stereocenters. The fourth-order valence-electron chi connectivity index (χ4n) is 3.92. The van der Waals surface area contributed by atoms with Crippen molar-refractivity contribution in [2.45, 2.75) is 32.4 Å². The number of carboxylic acids is 2. The van der Waals surface area contributed by atoms with Crippen LogP contribution in [0.3, 0.4) is 0 Å². The molecule has 2 heterocycles. The molecule has 2 aromatic carbocycles. The van der Waals surface area contributed by atoms with Crippen LogP contribution in [0.2, 0.25) is 0 Å². The highest BCUT2D eigenvalue weighted by Gasteiger charge is 2.32. The van der Waals surface area contributed by atoms with Crippen LogP contribution in [0, 0.1) is 6.92 Å². The molecule has 0 saturated carbocycles. The number of hydrogen-bond acceptors (Lipinski definition) is 6. The topological polar surface area (TPSA) is 113 Å². The first kappa shape index (κ1) is 21.6. The number of oxazole rings is 1. The largest absolute Gasteiger partial charge is 0.493 e. The highest BCUT2D eigenvalue weighted by Crippen LogP contribution is 2.27. The Labute approximate surface area is 185 Å². The molecule has 0 amide bonds. The molecule has 1 aromatic heterocycles. The molecule has 0 unspecified atom stereocenters. The van der Waals surface area contributed by atoms with Crippen molar-refractivity contribution >= 4 is 11.9 Å². The number of aliphatic carboxylic acids is 2. The van der Waals surface area contributed by atoms with Crippen molar-refractivity contribution in [2.75, 3.05) is 13.2 Å². The molecule has 0 spiro atoms. The summed E-state index contributed by atoms with van der Waals surface area (Å²) in [5.41, 5.74) is 3.53. The lowest BCUT2D eigenvalue weighted by molar-refractivity contribution is -0.147. The van der Waals surface area contributed by atoms with Crippen molar-refractivity contribution in [3.63, 3.8) is 0 Å². The number of aromatic nitrogens is 1. The van der Waals surface area contributed by atoms with E-state index in [9.17, 15) is 14.7 Å². The van der Waals surface area contributed by atoms with Crippen LogP contribution in [0.5, 0.6) is 5.75 Å². The molecular weight excluding hydrogens is 412 g/mol. The average molecular weight is 436 g/mol. The maximum absolute atomic E-state index is 11.5. The van der Waals surface area contributed by atoms with Gasteiger partial charge in [0.05, 0.1) is 18.8 Å². The molecule has 32 heavy (non-hydrogen) atoms. The van der Waals surface area contributed by atoms with Crippen LogP contribution in [-0.4, -0.2) is 51.2 Å². The summed E-state index contributed by atoms with van der Waals surface area (Å²) in [7, 11) is 0. The van der Waals surface area contributed by atoms with Crippen LogP contribution in [0.15, 0.2) is 52.9 Å². The Hall–Kier alpha value is -3.65. The Morgan fingerprint density at radius 3 is 2.66 bits per heavy atom. The second-order valence-corrected chi connectivity index (χ2v) is 7.77. The van der Waals surface area contributed by atoms with E-state index in [1.807, 2.05) is 55.5 Å². The zero-order valence-electron chi connectivity index (χ0n) is 17.7. The number of aryl methyl sites for hydroxylation is 1. The molecule has 2 N–H and O–H groups in total. The maximum atomic E-state index is 11.5. The third-order valence-corrected chi connectivity index (χ3v) is 5.55. The molecule has 0 bridgehead atoms. The first-order valence-electron chi connectivity index (χ1n) is 10.4. The van der Waals surface area contributed by atoms with Gasteiger partial charge in [0.2, 0.25) is 5.89 Å². The van der Waals surface area contributed by atoms with Gasteiger partial charge >= 0.3 is 11.9 Å². The van der Waals surface area contributed by atoms with Gasteiger partial charge in [-0.1, -0.05) is 24.3 Å². The van der Waals surface area contributed by atoms with E-state index in [1.165, 1.54) is 4.90 Å². The SMILES string of the molecule is Cc1oc(-c2ccccc2)nc1CCOc1ccc2c(c1)CN(CC(=O)O)[C@H](C(=O)O)C2. The first-order chi connectivity index (χ1) is 15.4. The first-order valence-corrected chi connectivity index (χ1v) is 10.4. The number of nitrogens with zero attached hydrogens (tertiary/aromatic N) is 2. The average Bonchev–Trinajstić information content (AvgIpc) is 3.14. The van der Waals surface area contributed by atoms with Gasteiger partial charge in [-0.25, -0.2) is 4.98 Å². The Morgan fingerprint density at radius 2 is 1.94 bits per heavy atom. The van der Waals surface area contributed by atoms with Gasteiger partial charge in [-0.2, -0.15) is 0 Å². The second kappa shape index (κ2) is 9.23. The third-order valence-electron chi connectivity index (χ3n) is 5.55. The molecule has 0 radical (unpaired) electrons. The highest BCUT2D eigenvalue weighted by atomic mass is 16.5. The quantitative estimate of drug-likeness (QED) is 0.554. The van der Waals surface area contributed by atoms with E-state index in [2.05, 4.69) is 4.98 Å². The Kier molecular flexibility index (Phi) is 6.23. The minimum atomic E-state index is -1.05. The van der Waals surface area contributed by atoms with Gasteiger partial charge in [0.1, 0.15) is 17.6 Å². The lowest BCUT2D eigenvalue weighted by Crippen LogP contribution is -2.47. The smallest absolute Gasteiger partial charge is 0.321 e. The summed E-state index contributed by atoms with van der Waals surface area (Å²) in [6.07, 6.45) is 0.837. The molecule has 166 valence electrons. The number of carbonyl (C=O) groups is 2. The van der Waals surface area contributed by atoms with Crippen molar-refractivity contribution < 1.29 is 29.0 Å². The van der Waals surface area contributed by atoms with E-state index in [4.69, 9.17) is 14.3 Å². The molecule has 0 aliphatic carbocycles. The standard InChI is InChI=1S/C24H24N2O6/c1-15-20(25-23(32-15)16-5-3-2-4-6-16)9-10-31-19-8-7-17-12-21(24(29)30)26(14-22(27)28)13-18(17)11-19/h2-8,11,21H,9-10,12-14H2,1H3,(H,27,28)(H,29,30)/t21-/m0/s1. The van der Waals surface area contributed by atoms with Gasteiger partial charge in [0, 0.05) is 18.5 Å². The number of hydrogen-bond donors (Lipinski definition) is 2. The van der Waals surface area contributed by atoms with Gasteiger partial charge in [0.25, 0.3) is 0 Å². The minimum Gasteiger partial charge on any atom is -0.493 e. The van der Waals surface area contributed by atoms with Gasteiger partial charge in [-0.05, 0) is 48.7 Å². The Balaban J connectivity index is 1.41. The fraction of sp³-hybridized carbons (Fsp3) is 0.292. The normalized spacial score (nSPS) is 15.8. The summed E-state index contributed by atoms with van der Waals surface area (Å²) in [6.45, 7) is 2.20. The van der Waals surface area contributed by atoms with Gasteiger partial charge in [0.15, 0.2) is 0 Å². The monoisotopic (exact) mass is 436 g/mol. The molecular formula is C24H24N2O6. The molecule has 1 aliphatic rings. The van der Waals surface area contributed by atoms with E-state index in [-0.39, 0.29) is 19.5 Å². The number of benzene rings is 2. The Morgan fingerprint density at radius 1 is 1.16 bits per heavy atom. The molecule has 1 aliphatic heterocycles. The zero-order chi connectivity index (χ0) is 22.7. The van der Waals surface area contributed by atoms with Crippen molar-refractivity contribution in [3.05, 3.63) is 71.1 Å². The van der Waals surface area contributed by atoms with Crippen LogP contribution in [0.1, 0.15) is 22.6 Å².